The van der Waals surface area contributed by atoms with Crippen molar-refractivity contribution >= 4 is 11.9 Å². The molecule has 3 rings (SSSR count). The van der Waals surface area contributed by atoms with E-state index in [2.05, 4.69) is 13.2 Å². The lowest BCUT2D eigenvalue weighted by Gasteiger charge is -2.30. The Labute approximate surface area is 159 Å². The highest BCUT2D eigenvalue weighted by molar-refractivity contribution is 5.91. The Hall–Kier alpha value is -2.18. The molecule has 146 valence electrons. The van der Waals surface area contributed by atoms with Gasteiger partial charge in [-0.05, 0) is 32.4 Å². The molecule has 27 heavy (non-hydrogen) atoms. The lowest BCUT2D eigenvalue weighted by atomic mass is 9.83. The molecule has 3 aliphatic heterocycles. The van der Waals surface area contributed by atoms with Gasteiger partial charge in [-0.2, -0.15) is 0 Å². The Morgan fingerprint density at radius 2 is 2.11 bits per heavy atom. The fourth-order valence-corrected chi connectivity index (χ4v) is 3.96. The van der Waals surface area contributed by atoms with E-state index in [4.69, 9.17) is 18.9 Å². The first kappa shape index (κ1) is 19.6. The van der Waals surface area contributed by atoms with Crippen LogP contribution in [0.2, 0.25) is 0 Å². The van der Waals surface area contributed by atoms with Gasteiger partial charge in [-0.15, -0.1) is 0 Å². The minimum atomic E-state index is -0.954. The SMILES string of the molecule is C=C1C[C@H](OC(=O)/C(C)=C/C)[C@H]2C(=C)C(=O)O[C@@H]2[C@@H]2O[C@](OC)(C=C2C)C1. The van der Waals surface area contributed by atoms with Gasteiger partial charge in [0.05, 0.1) is 5.92 Å². The summed E-state index contributed by atoms with van der Waals surface area (Å²) in [5, 5.41) is 0. The predicted octanol–water partition coefficient (Wildman–Crippen LogP) is 3.00. The molecule has 5 atom stereocenters. The highest BCUT2D eigenvalue weighted by atomic mass is 16.7. The van der Waals surface area contributed by atoms with Gasteiger partial charge in [-0.3, -0.25) is 0 Å². The molecule has 2 bridgehead atoms. The average Bonchev–Trinajstić information content (AvgIpc) is 3.11. The Kier molecular flexibility index (Phi) is 5.14. The largest absolute Gasteiger partial charge is 0.458 e. The maximum absolute atomic E-state index is 12.4. The molecule has 0 unspecified atom stereocenters. The summed E-state index contributed by atoms with van der Waals surface area (Å²) in [6.07, 6.45) is 2.65. The van der Waals surface area contributed by atoms with Crippen molar-refractivity contribution < 1.29 is 28.5 Å². The molecule has 6 nitrogen and oxygen atoms in total. The van der Waals surface area contributed by atoms with Crippen molar-refractivity contribution in [2.24, 2.45) is 5.92 Å². The first-order chi connectivity index (χ1) is 12.7. The quantitative estimate of drug-likeness (QED) is 0.430. The fourth-order valence-electron chi connectivity index (χ4n) is 3.96. The molecule has 0 aromatic heterocycles. The zero-order chi connectivity index (χ0) is 19.9. The van der Waals surface area contributed by atoms with Gasteiger partial charge < -0.3 is 18.9 Å². The van der Waals surface area contributed by atoms with Crippen LogP contribution in [0.15, 0.2) is 47.6 Å². The number of hydrogen-bond donors (Lipinski definition) is 0. The molecular weight excluding hydrogens is 348 g/mol. The second-order valence-electron chi connectivity index (χ2n) is 7.41. The fraction of sp³-hybridized carbons (Fsp3) is 0.524. The smallest absolute Gasteiger partial charge is 0.334 e. The summed E-state index contributed by atoms with van der Waals surface area (Å²) in [6.45, 7) is 13.4. The zero-order valence-corrected chi connectivity index (χ0v) is 16.2. The van der Waals surface area contributed by atoms with Crippen molar-refractivity contribution in [3.8, 4) is 0 Å². The molecule has 0 spiro atoms. The molecule has 0 aromatic rings. The van der Waals surface area contributed by atoms with Gasteiger partial charge in [0.15, 0.2) is 5.79 Å². The van der Waals surface area contributed by atoms with E-state index in [1.807, 2.05) is 13.0 Å². The van der Waals surface area contributed by atoms with E-state index < -0.39 is 42.0 Å². The molecule has 0 aliphatic carbocycles. The predicted molar refractivity (Wildman–Crippen MR) is 98.6 cm³/mol. The van der Waals surface area contributed by atoms with Gasteiger partial charge in [-0.1, -0.05) is 24.8 Å². The third-order valence-corrected chi connectivity index (χ3v) is 5.53. The number of methoxy groups -OCH3 is 1. The molecule has 0 aromatic carbocycles. The van der Waals surface area contributed by atoms with Crippen molar-refractivity contribution in [3.05, 3.63) is 47.6 Å². The van der Waals surface area contributed by atoms with Crippen molar-refractivity contribution in [2.45, 2.75) is 57.7 Å². The van der Waals surface area contributed by atoms with E-state index in [1.54, 1.807) is 27.0 Å². The van der Waals surface area contributed by atoms with E-state index >= 15 is 0 Å². The molecule has 3 aliphatic rings. The highest BCUT2D eigenvalue weighted by Crippen LogP contribution is 2.46. The summed E-state index contributed by atoms with van der Waals surface area (Å²) in [7, 11) is 1.57. The third-order valence-electron chi connectivity index (χ3n) is 5.53. The first-order valence-electron chi connectivity index (χ1n) is 9.04. The molecular formula is C21H26O6. The summed E-state index contributed by atoms with van der Waals surface area (Å²) in [6, 6.07) is 0. The number of ether oxygens (including phenoxy) is 4. The highest BCUT2D eigenvalue weighted by Gasteiger charge is 2.54. The van der Waals surface area contributed by atoms with E-state index in [-0.39, 0.29) is 5.57 Å². The number of carbonyl (C=O) groups excluding carboxylic acids is 2. The van der Waals surface area contributed by atoms with Crippen LogP contribution in [0.4, 0.5) is 0 Å². The van der Waals surface area contributed by atoms with E-state index in [1.165, 1.54) is 0 Å². The van der Waals surface area contributed by atoms with Crippen molar-refractivity contribution in [3.63, 3.8) is 0 Å². The lowest BCUT2D eigenvalue weighted by molar-refractivity contribution is -0.211. The molecule has 2 fully saturated rings. The third kappa shape index (κ3) is 3.39. The minimum absolute atomic E-state index is 0.289. The summed E-state index contributed by atoms with van der Waals surface area (Å²) >= 11 is 0. The van der Waals surface area contributed by atoms with Crippen molar-refractivity contribution in [1.29, 1.82) is 0 Å². The van der Waals surface area contributed by atoms with Gasteiger partial charge in [0.2, 0.25) is 0 Å². The van der Waals surface area contributed by atoms with Crippen LogP contribution in [0.5, 0.6) is 0 Å². The van der Waals surface area contributed by atoms with Crippen LogP contribution >= 0.6 is 0 Å². The Morgan fingerprint density at radius 3 is 2.74 bits per heavy atom. The van der Waals surface area contributed by atoms with Crippen LogP contribution in [0.1, 0.15) is 33.6 Å². The van der Waals surface area contributed by atoms with Crippen LogP contribution in [0, 0.1) is 5.92 Å². The summed E-state index contributed by atoms with van der Waals surface area (Å²) in [4.78, 5) is 24.7. The van der Waals surface area contributed by atoms with Crippen LogP contribution in [-0.4, -0.2) is 43.1 Å². The topological polar surface area (TPSA) is 71.1 Å². The molecule has 3 heterocycles. The number of esters is 2. The second-order valence-corrected chi connectivity index (χ2v) is 7.41. The van der Waals surface area contributed by atoms with E-state index in [0.29, 0.717) is 18.4 Å². The maximum Gasteiger partial charge on any atom is 0.334 e. The normalized spacial score (nSPS) is 36.4. The first-order valence-corrected chi connectivity index (χ1v) is 9.04. The lowest BCUT2D eigenvalue weighted by Crippen LogP contribution is -2.41. The summed E-state index contributed by atoms with van der Waals surface area (Å²) in [5.74, 6) is -2.39. The standard InChI is InChI=1S/C21H26O6/c1-7-12(3)19(22)25-15-8-11(2)9-21(24-6)10-13(4)17(27-21)18-16(15)14(5)20(23)26-18/h7,10,15-18H,2,5,8-9H2,1,3-4,6H3/b12-7+/t15-,16+,17+,18-,21-/m0/s1. The number of carbonyl (C=O) groups is 2. The van der Waals surface area contributed by atoms with Crippen LogP contribution in [0.25, 0.3) is 0 Å². The van der Waals surface area contributed by atoms with Crippen molar-refractivity contribution in [1.82, 2.24) is 0 Å². The number of rotatable bonds is 3. The van der Waals surface area contributed by atoms with Crippen LogP contribution in [-0.2, 0) is 28.5 Å². The van der Waals surface area contributed by atoms with Gasteiger partial charge in [0, 0.05) is 31.1 Å². The molecule has 0 amide bonds. The van der Waals surface area contributed by atoms with Gasteiger partial charge in [0.25, 0.3) is 0 Å². The van der Waals surface area contributed by atoms with Crippen LogP contribution < -0.4 is 0 Å². The van der Waals surface area contributed by atoms with Gasteiger partial charge >= 0.3 is 11.9 Å². The second kappa shape index (κ2) is 7.09. The minimum Gasteiger partial charge on any atom is -0.458 e. The summed E-state index contributed by atoms with van der Waals surface area (Å²) in [5.41, 5.74) is 2.48. The van der Waals surface area contributed by atoms with E-state index in [0.717, 1.165) is 11.1 Å². The number of allylic oxidation sites excluding steroid dienone is 1. The molecule has 0 N–H and O–H groups in total. The monoisotopic (exact) mass is 374 g/mol. The van der Waals surface area contributed by atoms with E-state index in [9.17, 15) is 9.59 Å². The molecule has 6 heteroatoms. The molecule has 2 saturated heterocycles. The Balaban J connectivity index is 2.02. The van der Waals surface area contributed by atoms with Gasteiger partial charge in [-0.25, -0.2) is 9.59 Å². The molecule has 0 radical (unpaired) electrons. The summed E-state index contributed by atoms with van der Waals surface area (Å²) < 4.78 is 23.2. The van der Waals surface area contributed by atoms with Gasteiger partial charge in [0.1, 0.15) is 18.3 Å². The Morgan fingerprint density at radius 1 is 1.41 bits per heavy atom. The maximum atomic E-state index is 12.4. The number of hydrogen-bond acceptors (Lipinski definition) is 6. The molecule has 0 saturated carbocycles. The average molecular weight is 374 g/mol. The number of fused-ring (bicyclic) bond motifs is 4. The van der Waals surface area contributed by atoms with Crippen LogP contribution in [0.3, 0.4) is 0 Å². The van der Waals surface area contributed by atoms with Crippen molar-refractivity contribution in [2.75, 3.05) is 7.11 Å². The zero-order valence-electron chi connectivity index (χ0n) is 16.2. The Bertz CT molecular complexity index is 761.